The fraction of sp³-hybridized carbons (Fsp3) is 0.367. The molecule has 0 spiro atoms. The smallest absolute Gasteiger partial charge is 0.229 e. The lowest BCUT2D eigenvalue weighted by molar-refractivity contribution is 0.352. The Morgan fingerprint density at radius 2 is 1.55 bits per heavy atom. The Labute approximate surface area is 224 Å². The lowest BCUT2D eigenvalue weighted by Gasteiger charge is -2.23. The molecule has 1 heterocycles. The maximum Gasteiger partial charge on any atom is 0.229 e. The molecule has 1 atom stereocenters. The van der Waals surface area contributed by atoms with Gasteiger partial charge in [-0.05, 0) is 42.2 Å². The summed E-state index contributed by atoms with van der Waals surface area (Å²) >= 11 is 0. The zero-order valence-corrected chi connectivity index (χ0v) is 22.3. The minimum absolute atomic E-state index is 0.00245. The first kappa shape index (κ1) is 25.6. The quantitative estimate of drug-likeness (QED) is 0.220. The second-order valence-corrected chi connectivity index (χ2v) is 9.73. The Hall–Kier alpha value is -4.07. The van der Waals surface area contributed by atoms with E-state index in [2.05, 4.69) is 65.3 Å². The number of fused-ring (bicyclic) bond motifs is 1. The van der Waals surface area contributed by atoms with Crippen LogP contribution in [0.4, 0.5) is 17.8 Å². The number of rotatable bonds is 10. The average Bonchev–Trinajstić information content (AvgIpc) is 2.95. The predicted octanol–water partition coefficient (Wildman–Crippen LogP) is 6.57. The van der Waals surface area contributed by atoms with Gasteiger partial charge in [-0.3, -0.25) is 0 Å². The van der Waals surface area contributed by atoms with Crippen LogP contribution in [0.3, 0.4) is 0 Å². The van der Waals surface area contributed by atoms with E-state index in [1.54, 1.807) is 14.2 Å². The zero-order chi connectivity index (χ0) is 26.3. The second kappa shape index (κ2) is 12.0. The second-order valence-electron chi connectivity index (χ2n) is 9.73. The largest absolute Gasteiger partial charge is 0.493 e. The lowest BCUT2D eigenvalue weighted by Crippen LogP contribution is -2.24. The van der Waals surface area contributed by atoms with Crippen molar-refractivity contribution in [1.82, 2.24) is 15.0 Å². The Morgan fingerprint density at radius 3 is 2.37 bits per heavy atom. The van der Waals surface area contributed by atoms with Gasteiger partial charge in [-0.1, -0.05) is 73.9 Å². The molecule has 3 aromatic carbocycles. The van der Waals surface area contributed by atoms with Gasteiger partial charge in [-0.25, -0.2) is 0 Å². The van der Waals surface area contributed by atoms with Crippen molar-refractivity contribution in [2.75, 3.05) is 30.2 Å². The maximum absolute atomic E-state index is 5.60. The van der Waals surface area contributed by atoms with Crippen molar-refractivity contribution in [2.45, 2.75) is 57.7 Å². The molecule has 198 valence electrons. The molecule has 3 N–H and O–H groups in total. The van der Waals surface area contributed by atoms with E-state index in [4.69, 9.17) is 24.4 Å². The molecule has 0 aliphatic heterocycles. The van der Waals surface area contributed by atoms with Crippen LogP contribution in [0.1, 0.15) is 56.2 Å². The van der Waals surface area contributed by atoms with Crippen LogP contribution >= 0.6 is 0 Å². The molecular weight excluding hydrogens is 476 g/mol. The van der Waals surface area contributed by atoms with Crippen LogP contribution in [0.5, 0.6) is 11.5 Å². The van der Waals surface area contributed by atoms with Gasteiger partial charge in [0.1, 0.15) is 0 Å². The van der Waals surface area contributed by atoms with Crippen LogP contribution in [0.25, 0.3) is 10.8 Å². The summed E-state index contributed by atoms with van der Waals surface area (Å²) in [5.74, 6) is 2.99. The normalized spacial score (nSPS) is 14.6. The van der Waals surface area contributed by atoms with Gasteiger partial charge in [0.15, 0.2) is 11.5 Å². The molecule has 0 amide bonds. The fourth-order valence-corrected chi connectivity index (χ4v) is 5.18. The van der Waals surface area contributed by atoms with E-state index in [0.717, 1.165) is 18.4 Å². The van der Waals surface area contributed by atoms with Gasteiger partial charge >= 0.3 is 0 Å². The van der Waals surface area contributed by atoms with Gasteiger partial charge in [0.05, 0.1) is 20.3 Å². The number of para-hydroxylation sites is 1. The third kappa shape index (κ3) is 5.90. The van der Waals surface area contributed by atoms with E-state index in [-0.39, 0.29) is 6.04 Å². The number of anilines is 3. The third-order valence-corrected chi connectivity index (χ3v) is 7.13. The fourth-order valence-electron chi connectivity index (χ4n) is 5.18. The van der Waals surface area contributed by atoms with Crippen molar-refractivity contribution in [2.24, 2.45) is 0 Å². The molecule has 0 radical (unpaired) electrons. The molecule has 1 unspecified atom stereocenters. The topological polar surface area (TPSA) is 93.2 Å². The first-order chi connectivity index (χ1) is 18.6. The molecule has 4 aromatic rings. The Kier molecular flexibility index (Phi) is 8.06. The summed E-state index contributed by atoms with van der Waals surface area (Å²) in [6.07, 6.45) is 6.01. The van der Waals surface area contributed by atoms with E-state index in [9.17, 15) is 0 Å². The van der Waals surface area contributed by atoms with Crippen LogP contribution in [0.2, 0.25) is 0 Å². The third-order valence-electron chi connectivity index (χ3n) is 7.13. The number of hydrogen-bond acceptors (Lipinski definition) is 8. The molecule has 0 bridgehead atoms. The Bertz CT molecular complexity index is 1370. The molecule has 0 saturated heterocycles. The predicted molar refractivity (Wildman–Crippen MR) is 153 cm³/mol. The van der Waals surface area contributed by atoms with Crippen LogP contribution in [0.15, 0.2) is 60.7 Å². The van der Waals surface area contributed by atoms with Crippen molar-refractivity contribution >= 4 is 28.6 Å². The number of aromatic nitrogens is 3. The van der Waals surface area contributed by atoms with Gasteiger partial charge in [-0.2, -0.15) is 15.0 Å². The first-order valence-electron chi connectivity index (χ1n) is 13.3. The number of nitrogens with one attached hydrogen (secondary N) is 3. The number of nitrogens with zero attached hydrogens (tertiary/aromatic N) is 3. The van der Waals surface area contributed by atoms with Gasteiger partial charge < -0.3 is 25.4 Å². The highest BCUT2D eigenvalue weighted by Gasteiger charge is 2.18. The monoisotopic (exact) mass is 512 g/mol. The minimum Gasteiger partial charge on any atom is -0.493 e. The van der Waals surface area contributed by atoms with E-state index in [0.29, 0.717) is 41.9 Å². The van der Waals surface area contributed by atoms with E-state index < -0.39 is 0 Å². The molecule has 1 aromatic heterocycles. The molecule has 5 rings (SSSR count). The van der Waals surface area contributed by atoms with Crippen LogP contribution in [-0.4, -0.2) is 35.2 Å². The first-order valence-corrected chi connectivity index (χ1v) is 13.3. The lowest BCUT2D eigenvalue weighted by atomic mass is 9.96. The van der Waals surface area contributed by atoms with Crippen LogP contribution < -0.4 is 25.4 Å². The zero-order valence-electron chi connectivity index (χ0n) is 22.3. The molecule has 1 aliphatic rings. The Morgan fingerprint density at radius 1 is 0.816 bits per heavy atom. The summed E-state index contributed by atoms with van der Waals surface area (Å²) in [5, 5.41) is 12.9. The SMILES string of the molecule is COc1cccc(CNc2nc(NC3CCCCC3)nc(NC(C)c3cccc4ccccc34)n2)c1OC. The van der Waals surface area contributed by atoms with Crippen molar-refractivity contribution < 1.29 is 9.47 Å². The summed E-state index contributed by atoms with van der Waals surface area (Å²) in [6, 6.07) is 21.0. The van der Waals surface area contributed by atoms with Crippen LogP contribution in [0, 0.1) is 0 Å². The summed E-state index contributed by atoms with van der Waals surface area (Å²) in [4.78, 5) is 14.2. The van der Waals surface area contributed by atoms with Gasteiger partial charge in [0, 0.05) is 18.2 Å². The number of hydrogen-bond donors (Lipinski definition) is 3. The molecule has 1 aliphatic carbocycles. The standard InChI is InChI=1S/C30H36N6O2/c1-20(24-17-9-12-21-11-7-8-16-25(21)24)32-29-34-28(35-30(36-29)33-23-14-5-4-6-15-23)31-19-22-13-10-18-26(37-2)27(22)38-3/h7-13,16-18,20,23H,4-6,14-15,19H2,1-3H3,(H3,31,32,33,34,35,36). The van der Waals surface area contributed by atoms with Gasteiger partial charge in [0.25, 0.3) is 0 Å². The van der Waals surface area contributed by atoms with E-state index in [1.165, 1.54) is 35.6 Å². The molecule has 38 heavy (non-hydrogen) atoms. The van der Waals surface area contributed by atoms with Crippen LogP contribution in [-0.2, 0) is 6.54 Å². The maximum atomic E-state index is 5.60. The molecule has 1 saturated carbocycles. The summed E-state index contributed by atoms with van der Waals surface area (Å²) in [7, 11) is 3.28. The number of methoxy groups -OCH3 is 2. The van der Waals surface area contributed by atoms with E-state index in [1.807, 2.05) is 18.2 Å². The van der Waals surface area contributed by atoms with Gasteiger partial charge in [-0.15, -0.1) is 0 Å². The van der Waals surface area contributed by atoms with Crippen molar-refractivity contribution in [3.05, 3.63) is 71.8 Å². The average molecular weight is 513 g/mol. The molecule has 8 heteroatoms. The number of benzene rings is 3. The molecule has 1 fully saturated rings. The van der Waals surface area contributed by atoms with Crippen molar-refractivity contribution in [1.29, 1.82) is 0 Å². The van der Waals surface area contributed by atoms with E-state index >= 15 is 0 Å². The summed E-state index contributed by atoms with van der Waals surface area (Å²) in [5.41, 5.74) is 2.15. The minimum atomic E-state index is -0.00245. The molecule has 8 nitrogen and oxygen atoms in total. The highest BCUT2D eigenvalue weighted by Crippen LogP contribution is 2.31. The highest BCUT2D eigenvalue weighted by molar-refractivity contribution is 5.86. The highest BCUT2D eigenvalue weighted by atomic mass is 16.5. The number of ether oxygens (including phenoxy) is 2. The van der Waals surface area contributed by atoms with Crippen molar-refractivity contribution in [3.63, 3.8) is 0 Å². The van der Waals surface area contributed by atoms with Crippen molar-refractivity contribution in [3.8, 4) is 11.5 Å². The summed E-state index contributed by atoms with van der Waals surface area (Å²) in [6.45, 7) is 2.61. The summed E-state index contributed by atoms with van der Waals surface area (Å²) < 4.78 is 11.1. The molecular formula is C30H36N6O2. The Balaban J connectivity index is 1.41. The van der Waals surface area contributed by atoms with Gasteiger partial charge in [0.2, 0.25) is 17.8 Å².